The number of anilines is 1. The van der Waals surface area contributed by atoms with E-state index in [0.717, 1.165) is 27.2 Å². The summed E-state index contributed by atoms with van der Waals surface area (Å²) in [6.07, 6.45) is 1.71. The molecule has 1 aromatic carbocycles. The Balaban J connectivity index is 1.39. The van der Waals surface area contributed by atoms with Crippen LogP contribution in [0.5, 0.6) is 0 Å². The van der Waals surface area contributed by atoms with Gasteiger partial charge in [0.1, 0.15) is 11.6 Å². The number of hydrogen-bond donors (Lipinski definition) is 0. The summed E-state index contributed by atoms with van der Waals surface area (Å²) in [6, 6.07) is 10.6. The lowest BCUT2D eigenvalue weighted by atomic mass is 10.3. The molecule has 0 radical (unpaired) electrons. The second-order valence-electron chi connectivity index (χ2n) is 7.77. The molecule has 4 heterocycles. The summed E-state index contributed by atoms with van der Waals surface area (Å²) in [6.45, 7) is 1.99. The number of pyridine rings is 1. The van der Waals surface area contributed by atoms with E-state index in [1.807, 2.05) is 18.2 Å². The van der Waals surface area contributed by atoms with Crippen molar-refractivity contribution in [1.29, 1.82) is 0 Å². The minimum absolute atomic E-state index is 0.235. The Morgan fingerprint density at radius 2 is 1.77 bits per heavy atom. The van der Waals surface area contributed by atoms with E-state index in [0.29, 0.717) is 26.2 Å². The minimum Gasteiger partial charge on any atom is -0.353 e. The normalized spacial score (nSPS) is 13.8. The third-order valence-corrected chi connectivity index (χ3v) is 5.61. The summed E-state index contributed by atoms with van der Waals surface area (Å²) in [4.78, 5) is 50.2. The quantitative estimate of drug-likeness (QED) is 0.411. The van der Waals surface area contributed by atoms with Crippen molar-refractivity contribution in [3.8, 4) is 17.2 Å². The lowest BCUT2D eigenvalue weighted by Gasteiger charge is -2.34. The van der Waals surface area contributed by atoms with Crippen LogP contribution in [0.4, 0.5) is 10.2 Å². The van der Waals surface area contributed by atoms with Gasteiger partial charge < -0.3 is 14.3 Å². The third-order valence-electron chi connectivity index (χ3n) is 5.61. The summed E-state index contributed by atoms with van der Waals surface area (Å²) in [7, 11) is 1.27. The molecule has 178 valence electrons. The largest absolute Gasteiger partial charge is 0.353 e. The van der Waals surface area contributed by atoms with E-state index in [2.05, 4.69) is 25.1 Å². The molecule has 1 fully saturated rings. The Bertz CT molecular complexity index is 1490. The fourth-order valence-corrected chi connectivity index (χ4v) is 3.69. The van der Waals surface area contributed by atoms with Crippen LogP contribution in [-0.4, -0.2) is 66.5 Å². The molecule has 0 bridgehead atoms. The maximum Gasteiger partial charge on any atom is 0.351 e. The lowest BCUT2D eigenvalue weighted by Crippen LogP contribution is -2.49. The van der Waals surface area contributed by atoms with Crippen molar-refractivity contribution in [3.05, 3.63) is 81.2 Å². The van der Waals surface area contributed by atoms with E-state index in [4.69, 9.17) is 4.52 Å². The number of halogens is 1. The lowest BCUT2D eigenvalue weighted by molar-refractivity contribution is 0.0696. The van der Waals surface area contributed by atoms with Crippen LogP contribution in [0.2, 0.25) is 0 Å². The molecule has 0 spiro atoms. The first-order valence-electron chi connectivity index (χ1n) is 10.7. The molecule has 1 aliphatic heterocycles. The Kier molecular flexibility index (Phi) is 5.65. The van der Waals surface area contributed by atoms with Gasteiger partial charge in [0, 0.05) is 39.4 Å². The van der Waals surface area contributed by atoms with Gasteiger partial charge in [0.25, 0.3) is 5.56 Å². The number of amides is 1. The number of piperazine rings is 1. The van der Waals surface area contributed by atoms with Gasteiger partial charge in [0.2, 0.25) is 5.82 Å². The maximum atomic E-state index is 13.3. The predicted octanol–water partition coefficient (Wildman–Crippen LogP) is 0.478. The van der Waals surface area contributed by atoms with E-state index >= 15 is 0 Å². The van der Waals surface area contributed by atoms with Crippen molar-refractivity contribution < 1.29 is 13.7 Å². The van der Waals surface area contributed by atoms with Crippen molar-refractivity contribution in [3.63, 3.8) is 0 Å². The second kappa shape index (κ2) is 8.93. The van der Waals surface area contributed by atoms with Gasteiger partial charge in [0.15, 0.2) is 5.69 Å². The van der Waals surface area contributed by atoms with Gasteiger partial charge in [0.05, 0.1) is 5.69 Å². The summed E-state index contributed by atoms with van der Waals surface area (Å²) in [5.41, 5.74) is -1.56. The number of carbonyl (C=O) groups excluding carboxylic acids is 1. The molecule has 1 amide bonds. The average Bonchev–Trinajstić information content (AvgIpc) is 3.38. The molecule has 35 heavy (non-hydrogen) atoms. The zero-order valence-electron chi connectivity index (χ0n) is 18.5. The highest BCUT2D eigenvalue weighted by atomic mass is 19.1. The van der Waals surface area contributed by atoms with E-state index in [1.165, 1.54) is 19.2 Å². The highest BCUT2D eigenvalue weighted by molar-refractivity contribution is 5.90. The molecular formula is C22H19FN8O4. The molecule has 13 heteroatoms. The van der Waals surface area contributed by atoms with Crippen LogP contribution in [0.25, 0.3) is 17.2 Å². The fourth-order valence-electron chi connectivity index (χ4n) is 3.69. The minimum atomic E-state index is -0.767. The van der Waals surface area contributed by atoms with Gasteiger partial charge in [-0.2, -0.15) is 14.8 Å². The maximum absolute atomic E-state index is 13.3. The van der Waals surface area contributed by atoms with Crippen molar-refractivity contribution in [2.75, 3.05) is 31.1 Å². The molecule has 5 rings (SSSR count). The van der Waals surface area contributed by atoms with Crippen molar-refractivity contribution in [2.45, 2.75) is 0 Å². The Morgan fingerprint density at radius 1 is 1.03 bits per heavy atom. The zero-order valence-corrected chi connectivity index (χ0v) is 18.5. The van der Waals surface area contributed by atoms with Crippen LogP contribution in [0.3, 0.4) is 0 Å². The molecule has 0 N–H and O–H groups in total. The molecule has 1 saturated heterocycles. The standard InChI is InChI=1S/C22H19FN8O4/c1-28-20(32)17(26-31(22(28)34)15-7-5-14(23)6-8-15)18-25-19(35-27-18)21(33)30-12-10-29(11-13-30)16-4-2-3-9-24-16/h2-9H,10-13H2,1H3. The van der Waals surface area contributed by atoms with Crippen LogP contribution in [0.15, 0.2) is 62.8 Å². The van der Waals surface area contributed by atoms with Crippen LogP contribution >= 0.6 is 0 Å². The van der Waals surface area contributed by atoms with E-state index in [9.17, 15) is 18.8 Å². The van der Waals surface area contributed by atoms with Gasteiger partial charge in [-0.05, 0) is 36.4 Å². The highest BCUT2D eigenvalue weighted by Gasteiger charge is 2.28. The van der Waals surface area contributed by atoms with E-state index in [1.54, 1.807) is 11.1 Å². The van der Waals surface area contributed by atoms with Crippen molar-refractivity contribution in [2.24, 2.45) is 7.05 Å². The van der Waals surface area contributed by atoms with Gasteiger partial charge in [-0.3, -0.25) is 14.2 Å². The van der Waals surface area contributed by atoms with Crippen LogP contribution in [0.1, 0.15) is 10.7 Å². The monoisotopic (exact) mass is 478 g/mol. The molecule has 0 unspecified atom stereocenters. The zero-order chi connectivity index (χ0) is 24.5. The molecule has 4 aromatic rings. The molecule has 0 atom stereocenters. The first-order valence-corrected chi connectivity index (χ1v) is 10.7. The number of carbonyl (C=O) groups is 1. The first-order chi connectivity index (χ1) is 16.9. The summed E-state index contributed by atoms with van der Waals surface area (Å²) in [5.74, 6) is -0.674. The molecule has 0 aliphatic carbocycles. The number of nitrogens with zero attached hydrogens (tertiary/aromatic N) is 8. The SMILES string of the molecule is Cn1c(=O)c(-c2noc(C(=O)N3CCN(c4ccccn4)CC3)n2)nn(-c2ccc(F)cc2)c1=O. The number of rotatable bonds is 4. The van der Waals surface area contributed by atoms with Crippen molar-refractivity contribution >= 4 is 11.7 Å². The van der Waals surface area contributed by atoms with Crippen LogP contribution in [0, 0.1) is 5.82 Å². The Morgan fingerprint density at radius 3 is 2.46 bits per heavy atom. The summed E-state index contributed by atoms with van der Waals surface area (Å²) in [5, 5.41) is 7.80. The van der Waals surface area contributed by atoms with Gasteiger partial charge >= 0.3 is 17.5 Å². The number of benzene rings is 1. The number of aromatic nitrogens is 6. The van der Waals surface area contributed by atoms with Gasteiger partial charge in [-0.15, -0.1) is 0 Å². The average molecular weight is 478 g/mol. The Labute approximate surface area is 196 Å². The first kappa shape index (κ1) is 22.1. The molecule has 0 saturated carbocycles. The van der Waals surface area contributed by atoms with E-state index in [-0.39, 0.29) is 23.1 Å². The summed E-state index contributed by atoms with van der Waals surface area (Å²) >= 11 is 0. The number of hydrogen-bond acceptors (Lipinski definition) is 9. The fraction of sp³-hybridized carbons (Fsp3) is 0.227. The topological polar surface area (TPSA) is 132 Å². The van der Waals surface area contributed by atoms with Gasteiger partial charge in [-0.25, -0.2) is 14.2 Å². The molecule has 3 aromatic heterocycles. The molecule has 12 nitrogen and oxygen atoms in total. The smallest absolute Gasteiger partial charge is 0.351 e. The molecule has 1 aliphatic rings. The Hall–Kier alpha value is -4.68. The van der Waals surface area contributed by atoms with Crippen LogP contribution in [-0.2, 0) is 7.05 Å². The van der Waals surface area contributed by atoms with Crippen molar-refractivity contribution in [1.82, 2.24) is 34.4 Å². The second-order valence-corrected chi connectivity index (χ2v) is 7.77. The highest BCUT2D eigenvalue weighted by Crippen LogP contribution is 2.16. The predicted molar refractivity (Wildman–Crippen MR) is 121 cm³/mol. The van der Waals surface area contributed by atoms with Crippen LogP contribution < -0.4 is 16.1 Å². The van der Waals surface area contributed by atoms with Gasteiger partial charge in [-0.1, -0.05) is 11.2 Å². The van der Waals surface area contributed by atoms with E-state index < -0.39 is 23.0 Å². The third kappa shape index (κ3) is 4.18. The summed E-state index contributed by atoms with van der Waals surface area (Å²) < 4.78 is 20.2. The molecular weight excluding hydrogens is 459 g/mol.